The average Bonchev–Trinajstić information content (AvgIpc) is 3.50. The summed E-state index contributed by atoms with van der Waals surface area (Å²) < 4.78 is 7.95. The average molecular weight is 452 g/mol. The maximum atomic E-state index is 9.28. The van der Waals surface area contributed by atoms with Crippen LogP contribution >= 0.6 is 11.3 Å². The highest BCUT2D eigenvalue weighted by molar-refractivity contribution is 7.16. The largest absolute Gasteiger partial charge is 0.361 e. The Hall–Kier alpha value is -2.34. The van der Waals surface area contributed by atoms with Gasteiger partial charge in [-0.2, -0.15) is 5.26 Å². The van der Waals surface area contributed by atoms with Gasteiger partial charge in [0.1, 0.15) is 23.7 Å². The van der Waals surface area contributed by atoms with Crippen molar-refractivity contribution in [2.45, 2.75) is 58.1 Å². The molecule has 4 rings (SSSR count). The van der Waals surface area contributed by atoms with E-state index < -0.39 is 8.07 Å². The Bertz CT molecular complexity index is 1120. The molecule has 6 nitrogen and oxygen atoms in total. The first-order valence-corrected chi connectivity index (χ1v) is 15.4. The Morgan fingerprint density at radius 3 is 2.84 bits per heavy atom. The summed E-state index contributed by atoms with van der Waals surface area (Å²) in [5.41, 5.74) is 2.84. The molecular formula is C23H29N5OSSi. The van der Waals surface area contributed by atoms with Crippen LogP contribution in [0.2, 0.25) is 25.7 Å². The number of thiazole rings is 1. The normalized spacial score (nSPS) is 15.6. The van der Waals surface area contributed by atoms with Crippen LogP contribution in [0.4, 0.5) is 0 Å². The van der Waals surface area contributed by atoms with Gasteiger partial charge in [-0.1, -0.05) is 32.5 Å². The number of fused-ring (bicyclic) bond motifs is 1. The van der Waals surface area contributed by atoms with Crippen molar-refractivity contribution in [3.63, 3.8) is 0 Å². The molecule has 31 heavy (non-hydrogen) atoms. The maximum absolute atomic E-state index is 9.28. The molecule has 0 radical (unpaired) electrons. The fourth-order valence-electron chi connectivity index (χ4n) is 4.02. The van der Waals surface area contributed by atoms with E-state index >= 15 is 0 Å². The van der Waals surface area contributed by atoms with E-state index in [0.717, 1.165) is 57.7 Å². The molecule has 0 amide bonds. The van der Waals surface area contributed by atoms with Crippen molar-refractivity contribution in [3.8, 4) is 16.6 Å². The molecule has 3 heterocycles. The van der Waals surface area contributed by atoms with E-state index in [4.69, 9.17) is 4.74 Å². The number of nitriles is 1. The topological polar surface area (TPSA) is 76.6 Å². The van der Waals surface area contributed by atoms with Crippen molar-refractivity contribution in [2.75, 3.05) is 6.61 Å². The van der Waals surface area contributed by atoms with E-state index in [2.05, 4.69) is 46.7 Å². The van der Waals surface area contributed by atoms with Crippen molar-refractivity contribution in [3.05, 3.63) is 35.9 Å². The summed E-state index contributed by atoms with van der Waals surface area (Å²) in [6.07, 6.45) is 11.9. The molecule has 162 valence electrons. The van der Waals surface area contributed by atoms with Gasteiger partial charge in [-0.3, -0.25) is 0 Å². The highest BCUT2D eigenvalue weighted by Gasteiger charge is 2.23. The second kappa shape index (κ2) is 9.43. The molecular weight excluding hydrogens is 422 g/mol. The summed E-state index contributed by atoms with van der Waals surface area (Å²) in [6.45, 7) is 8.34. The Kier molecular flexibility index (Phi) is 6.65. The lowest BCUT2D eigenvalue weighted by molar-refractivity contribution is 0.0899. The van der Waals surface area contributed by atoms with Gasteiger partial charge >= 0.3 is 0 Å². The second-order valence-electron chi connectivity index (χ2n) is 9.33. The highest BCUT2D eigenvalue weighted by Crippen LogP contribution is 2.40. The molecule has 0 spiro atoms. The molecule has 1 saturated carbocycles. The predicted octanol–water partition coefficient (Wildman–Crippen LogP) is 5.96. The third-order valence-corrected chi connectivity index (χ3v) is 8.54. The Balaban J connectivity index is 1.56. The molecule has 1 fully saturated rings. The first kappa shape index (κ1) is 21.9. The van der Waals surface area contributed by atoms with Crippen LogP contribution in [-0.4, -0.2) is 34.2 Å². The summed E-state index contributed by atoms with van der Waals surface area (Å²) in [7, 11) is -1.10. The van der Waals surface area contributed by atoms with Gasteiger partial charge < -0.3 is 9.30 Å². The van der Waals surface area contributed by atoms with E-state index in [1.54, 1.807) is 23.7 Å². The number of allylic oxidation sites excluding steroid dienone is 2. The first-order valence-electron chi connectivity index (χ1n) is 10.9. The Labute approximate surface area is 188 Å². The van der Waals surface area contributed by atoms with Crippen molar-refractivity contribution in [1.29, 1.82) is 5.26 Å². The molecule has 0 N–H and O–H groups in total. The number of aromatic nitrogens is 4. The van der Waals surface area contributed by atoms with Crippen molar-refractivity contribution < 1.29 is 4.74 Å². The van der Waals surface area contributed by atoms with Crippen LogP contribution < -0.4 is 0 Å². The minimum Gasteiger partial charge on any atom is -0.361 e. The van der Waals surface area contributed by atoms with Gasteiger partial charge in [0, 0.05) is 44.1 Å². The van der Waals surface area contributed by atoms with Crippen LogP contribution in [0.25, 0.3) is 27.2 Å². The lowest BCUT2D eigenvalue weighted by Gasteiger charge is -2.15. The number of hydrogen-bond acceptors (Lipinski definition) is 6. The van der Waals surface area contributed by atoms with Crippen LogP contribution in [0.1, 0.15) is 30.7 Å². The standard InChI is InChI=1S/C23H29N5OSSi/c1-31(2,3)13-12-29-16-28-11-9-19-21(26-15-27-22(19)28)20-14-25-23(30-20)18(8-10-24)17-6-4-5-7-17/h8-9,11,14-15,17H,4-7,12-13,16H2,1-3H3/b18-8-. The molecule has 3 aromatic heterocycles. The maximum Gasteiger partial charge on any atom is 0.145 e. The Morgan fingerprint density at radius 1 is 1.29 bits per heavy atom. The molecule has 0 bridgehead atoms. The summed E-state index contributed by atoms with van der Waals surface area (Å²) >= 11 is 1.61. The fourth-order valence-corrected chi connectivity index (χ4v) is 5.80. The zero-order valence-corrected chi connectivity index (χ0v) is 20.3. The number of nitrogens with zero attached hydrogens (tertiary/aromatic N) is 5. The molecule has 3 aromatic rings. The second-order valence-corrected chi connectivity index (χ2v) is 16.0. The van der Waals surface area contributed by atoms with E-state index in [1.807, 2.05) is 17.0 Å². The van der Waals surface area contributed by atoms with E-state index in [1.165, 1.54) is 12.8 Å². The number of rotatable bonds is 8. The van der Waals surface area contributed by atoms with Crippen molar-refractivity contribution in [2.24, 2.45) is 5.92 Å². The minimum atomic E-state index is -1.10. The highest BCUT2D eigenvalue weighted by atomic mass is 32.1. The summed E-state index contributed by atoms with van der Waals surface area (Å²) in [6, 6.07) is 5.42. The molecule has 1 aliphatic carbocycles. The third kappa shape index (κ3) is 5.12. The fraction of sp³-hybridized carbons (Fsp3) is 0.478. The van der Waals surface area contributed by atoms with Crippen LogP contribution in [0.15, 0.2) is 30.9 Å². The van der Waals surface area contributed by atoms with Gasteiger partial charge in [0.05, 0.1) is 16.6 Å². The molecule has 0 atom stereocenters. The van der Waals surface area contributed by atoms with E-state index in [-0.39, 0.29) is 0 Å². The van der Waals surface area contributed by atoms with Gasteiger partial charge in [-0.25, -0.2) is 15.0 Å². The summed E-state index contributed by atoms with van der Waals surface area (Å²) in [5.74, 6) is 0.443. The van der Waals surface area contributed by atoms with E-state index in [0.29, 0.717) is 12.6 Å². The third-order valence-electron chi connectivity index (χ3n) is 5.78. The minimum absolute atomic E-state index is 0.443. The molecule has 0 aliphatic heterocycles. The predicted molar refractivity (Wildman–Crippen MR) is 128 cm³/mol. The van der Waals surface area contributed by atoms with Gasteiger partial charge in [-0.05, 0) is 30.9 Å². The van der Waals surface area contributed by atoms with Gasteiger partial charge in [0.25, 0.3) is 0 Å². The van der Waals surface area contributed by atoms with Crippen LogP contribution in [0, 0.1) is 17.2 Å². The summed E-state index contributed by atoms with van der Waals surface area (Å²) in [4.78, 5) is 14.7. The summed E-state index contributed by atoms with van der Waals surface area (Å²) in [5, 5.41) is 11.2. The van der Waals surface area contributed by atoms with Crippen LogP contribution in [0.5, 0.6) is 0 Å². The van der Waals surface area contributed by atoms with Crippen LogP contribution in [0.3, 0.4) is 0 Å². The molecule has 8 heteroatoms. The van der Waals surface area contributed by atoms with Gasteiger partial charge in [0.15, 0.2) is 0 Å². The smallest absolute Gasteiger partial charge is 0.145 e. The molecule has 0 aromatic carbocycles. The zero-order valence-electron chi connectivity index (χ0n) is 18.5. The number of hydrogen-bond donors (Lipinski definition) is 0. The van der Waals surface area contributed by atoms with Crippen molar-refractivity contribution >= 4 is 36.0 Å². The van der Waals surface area contributed by atoms with Crippen molar-refractivity contribution in [1.82, 2.24) is 19.5 Å². The van der Waals surface area contributed by atoms with Gasteiger partial charge in [-0.15, -0.1) is 11.3 Å². The SMILES string of the molecule is C[Si](C)(C)CCOCn1ccc2c(-c3cnc(/C(=C\C#N)C4CCCC4)s3)ncnc21. The lowest BCUT2D eigenvalue weighted by atomic mass is 9.98. The lowest BCUT2D eigenvalue weighted by Crippen LogP contribution is -2.22. The Morgan fingerprint density at radius 2 is 2.10 bits per heavy atom. The van der Waals surface area contributed by atoms with Crippen LogP contribution in [-0.2, 0) is 11.5 Å². The molecule has 0 saturated heterocycles. The number of ether oxygens (including phenoxy) is 1. The van der Waals surface area contributed by atoms with Gasteiger partial charge in [0.2, 0.25) is 0 Å². The molecule has 0 unspecified atom stereocenters. The first-order chi connectivity index (χ1) is 15.0. The molecule has 1 aliphatic rings. The quantitative estimate of drug-likeness (QED) is 0.240. The van der Waals surface area contributed by atoms with E-state index in [9.17, 15) is 5.26 Å². The zero-order chi connectivity index (χ0) is 21.8. The monoisotopic (exact) mass is 451 g/mol.